The summed E-state index contributed by atoms with van der Waals surface area (Å²) in [6, 6.07) is 5.33. The maximum Gasteiger partial charge on any atom is 0.573 e. The molecular weight excluding hydrogens is 449 g/mol. The summed E-state index contributed by atoms with van der Waals surface area (Å²) >= 11 is 0. The Bertz CT molecular complexity index is 1150. The summed E-state index contributed by atoms with van der Waals surface area (Å²) in [7, 11) is 0. The second kappa shape index (κ2) is 10.0. The molecule has 1 amide bonds. The first kappa shape index (κ1) is 24.9. The van der Waals surface area contributed by atoms with Crippen molar-refractivity contribution in [3.05, 3.63) is 54.3 Å². The number of amides is 1. The number of alkyl halides is 3. The first-order chi connectivity index (χ1) is 16.0. The number of nitrogens with zero attached hydrogens (tertiary/aromatic N) is 3. The third kappa shape index (κ3) is 6.88. The van der Waals surface area contributed by atoms with E-state index in [0.717, 1.165) is 5.57 Å². The zero-order valence-corrected chi connectivity index (χ0v) is 19.2. The number of aromatic nitrogens is 3. The van der Waals surface area contributed by atoms with Crippen LogP contribution in [0.3, 0.4) is 0 Å². The lowest BCUT2D eigenvalue weighted by molar-refractivity contribution is -0.274. The van der Waals surface area contributed by atoms with Crippen molar-refractivity contribution in [1.82, 2.24) is 20.1 Å². The van der Waals surface area contributed by atoms with E-state index in [1.807, 2.05) is 19.9 Å². The smallest absolute Gasteiger partial charge is 0.430 e. The second-order valence-electron chi connectivity index (χ2n) is 8.15. The van der Waals surface area contributed by atoms with Gasteiger partial charge in [-0.05, 0) is 56.2 Å². The van der Waals surface area contributed by atoms with Crippen molar-refractivity contribution in [2.24, 2.45) is 5.92 Å². The van der Waals surface area contributed by atoms with E-state index in [9.17, 15) is 18.0 Å². The predicted octanol–water partition coefficient (Wildman–Crippen LogP) is 5.39. The zero-order valence-electron chi connectivity index (χ0n) is 19.2. The van der Waals surface area contributed by atoms with Crippen LogP contribution in [0.15, 0.2) is 48.4 Å². The van der Waals surface area contributed by atoms with Crippen LogP contribution in [0.5, 0.6) is 5.75 Å². The van der Waals surface area contributed by atoms with Crippen molar-refractivity contribution < 1.29 is 27.4 Å². The molecule has 0 saturated heterocycles. The van der Waals surface area contributed by atoms with E-state index in [-0.39, 0.29) is 11.7 Å². The van der Waals surface area contributed by atoms with Gasteiger partial charge in [-0.1, -0.05) is 31.8 Å². The van der Waals surface area contributed by atoms with Gasteiger partial charge in [0.15, 0.2) is 11.4 Å². The van der Waals surface area contributed by atoms with Crippen LogP contribution in [0.25, 0.3) is 11.3 Å². The van der Waals surface area contributed by atoms with Crippen molar-refractivity contribution in [1.29, 1.82) is 0 Å². The second-order valence-corrected chi connectivity index (χ2v) is 8.15. The molecule has 10 heteroatoms. The van der Waals surface area contributed by atoms with Gasteiger partial charge in [0.2, 0.25) is 0 Å². The molecule has 0 fully saturated rings. The number of nitrogens with one attached hydrogen (secondary N) is 1. The number of hydrogen-bond acceptors (Lipinski definition) is 5. The average molecular weight is 474 g/mol. The summed E-state index contributed by atoms with van der Waals surface area (Å²) < 4.78 is 47.7. The van der Waals surface area contributed by atoms with Gasteiger partial charge in [-0.15, -0.1) is 18.3 Å². The van der Waals surface area contributed by atoms with Crippen LogP contribution in [0, 0.1) is 17.8 Å². The Balaban J connectivity index is 1.67. The van der Waals surface area contributed by atoms with Gasteiger partial charge in [-0.2, -0.15) is 0 Å². The molecule has 34 heavy (non-hydrogen) atoms. The molecule has 0 aliphatic heterocycles. The molecule has 180 valence electrons. The lowest BCUT2D eigenvalue weighted by Crippen LogP contribution is -2.35. The summed E-state index contributed by atoms with van der Waals surface area (Å²) in [4.78, 5) is 16.6. The molecule has 1 aromatic carbocycles. The SMILES string of the molecule is CCC#CC(C)(C)OC(=O)NC1=CC=C(c2ncn(-c3ccc(OC(F)(F)F)cc3)n2)CC1C. The van der Waals surface area contributed by atoms with Gasteiger partial charge >= 0.3 is 12.5 Å². The molecule has 0 bridgehead atoms. The number of ether oxygens (including phenoxy) is 2. The maximum atomic E-state index is 12.3. The van der Waals surface area contributed by atoms with E-state index in [4.69, 9.17) is 4.74 Å². The van der Waals surface area contributed by atoms with Crippen LogP contribution < -0.4 is 10.1 Å². The predicted molar refractivity (Wildman–Crippen MR) is 120 cm³/mol. The molecule has 2 aromatic rings. The Morgan fingerprint density at radius 1 is 1.24 bits per heavy atom. The van der Waals surface area contributed by atoms with Crippen LogP contribution in [-0.4, -0.2) is 32.8 Å². The van der Waals surface area contributed by atoms with E-state index in [1.54, 1.807) is 19.9 Å². The van der Waals surface area contributed by atoms with Gasteiger partial charge < -0.3 is 9.47 Å². The molecule has 0 saturated carbocycles. The largest absolute Gasteiger partial charge is 0.573 e. The van der Waals surface area contributed by atoms with Crippen molar-refractivity contribution >= 4 is 11.7 Å². The molecule has 0 spiro atoms. The highest BCUT2D eigenvalue weighted by Gasteiger charge is 2.31. The maximum absolute atomic E-state index is 12.3. The molecule has 1 atom stereocenters. The van der Waals surface area contributed by atoms with E-state index in [1.165, 1.54) is 35.3 Å². The molecule has 1 aliphatic rings. The van der Waals surface area contributed by atoms with Crippen molar-refractivity contribution in [2.45, 2.75) is 52.5 Å². The highest BCUT2D eigenvalue weighted by molar-refractivity contribution is 5.72. The fourth-order valence-corrected chi connectivity index (χ4v) is 3.23. The van der Waals surface area contributed by atoms with E-state index >= 15 is 0 Å². The van der Waals surface area contributed by atoms with E-state index in [0.29, 0.717) is 30.1 Å². The number of halogens is 3. The summed E-state index contributed by atoms with van der Waals surface area (Å²) in [6.45, 7) is 7.33. The van der Waals surface area contributed by atoms with Gasteiger partial charge in [0.1, 0.15) is 12.1 Å². The summed E-state index contributed by atoms with van der Waals surface area (Å²) in [5.41, 5.74) is 1.20. The summed E-state index contributed by atoms with van der Waals surface area (Å²) in [6.07, 6.45) is 1.000. The summed E-state index contributed by atoms with van der Waals surface area (Å²) in [5, 5.41) is 7.20. The minimum atomic E-state index is -4.75. The fraction of sp³-hybridized carbons (Fsp3) is 0.375. The number of benzene rings is 1. The van der Waals surface area contributed by atoms with E-state index in [2.05, 4.69) is 32.0 Å². The van der Waals surface area contributed by atoms with Crippen molar-refractivity contribution in [3.63, 3.8) is 0 Å². The lowest BCUT2D eigenvalue weighted by atomic mass is 9.92. The molecular formula is C24H25F3N4O3. The quantitative estimate of drug-likeness (QED) is 0.588. The number of carbonyl (C=O) groups is 1. The zero-order chi connectivity index (χ0) is 24.9. The van der Waals surface area contributed by atoms with Crippen LogP contribution in [0.2, 0.25) is 0 Å². The number of alkyl carbamates (subject to hydrolysis) is 1. The number of allylic oxidation sites excluding steroid dienone is 4. The van der Waals surface area contributed by atoms with Gasteiger partial charge in [-0.25, -0.2) is 14.5 Å². The highest BCUT2D eigenvalue weighted by Crippen LogP contribution is 2.29. The Kier molecular flexibility index (Phi) is 7.35. The molecule has 7 nitrogen and oxygen atoms in total. The molecule has 3 rings (SSSR count). The first-order valence-electron chi connectivity index (χ1n) is 10.6. The van der Waals surface area contributed by atoms with Gasteiger partial charge in [0, 0.05) is 18.0 Å². The third-order valence-corrected chi connectivity index (χ3v) is 4.80. The van der Waals surface area contributed by atoms with Crippen molar-refractivity contribution in [2.75, 3.05) is 0 Å². The Labute approximate surface area is 195 Å². The average Bonchev–Trinajstić information content (AvgIpc) is 3.23. The molecule has 1 heterocycles. The highest BCUT2D eigenvalue weighted by atomic mass is 19.4. The van der Waals surface area contributed by atoms with E-state index < -0.39 is 18.1 Å². The van der Waals surface area contributed by atoms with Crippen LogP contribution in [0.4, 0.5) is 18.0 Å². The Morgan fingerprint density at radius 3 is 2.56 bits per heavy atom. The number of carbonyl (C=O) groups excluding carboxylic acids is 1. The van der Waals surface area contributed by atoms with Gasteiger partial charge in [0.25, 0.3) is 0 Å². The topological polar surface area (TPSA) is 78.3 Å². The fourth-order valence-electron chi connectivity index (χ4n) is 3.23. The molecule has 0 radical (unpaired) electrons. The Morgan fingerprint density at radius 2 is 1.94 bits per heavy atom. The monoisotopic (exact) mass is 474 g/mol. The molecule has 1 aliphatic carbocycles. The standard InChI is InChI=1S/C24H25F3N4O3/c1-5-6-13-23(3,4)34-22(32)29-20-12-7-17(14-16(20)2)21-28-15-31(30-21)18-8-10-19(11-9-18)33-24(25,26)27/h7-12,15-16H,5,14H2,1-4H3,(H,29,32). The molecule has 1 N–H and O–H groups in total. The minimum absolute atomic E-state index is 0.0249. The lowest BCUT2D eigenvalue weighted by Gasteiger charge is -2.24. The normalized spacial score (nSPS) is 16.0. The minimum Gasteiger partial charge on any atom is -0.430 e. The molecule has 1 aromatic heterocycles. The van der Waals surface area contributed by atoms with Crippen LogP contribution >= 0.6 is 0 Å². The van der Waals surface area contributed by atoms with Crippen molar-refractivity contribution in [3.8, 4) is 23.3 Å². The van der Waals surface area contributed by atoms with Gasteiger partial charge in [-0.3, -0.25) is 5.32 Å². The third-order valence-electron chi connectivity index (χ3n) is 4.80. The molecule has 1 unspecified atom stereocenters. The summed E-state index contributed by atoms with van der Waals surface area (Å²) in [5.74, 6) is 5.96. The number of hydrogen-bond donors (Lipinski definition) is 1. The van der Waals surface area contributed by atoms with Crippen LogP contribution in [0.1, 0.15) is 46.4 Å². The first-order valence-corrected chi connectivity index (χ1v) is 10.6. The Hall–Kier alpha value is -3.74. The number of rotatable bonds is 5. The van der Waals surface area contributed by atoms with Gasteiger partial charge in [0.05, 0.1) is 5.69 Å². The van der Waals surface area contributed by atoms with Crippen LogP contribution in [-0.2, 0) is 4.74 Å².